The van der Waals surface area contributed by atoms with Crippen molar-refractivity contribution in [3.05, 3.63) is 71.2 Å². The third kappa shape index (κ3) is 6.41. The molecule has 6 rings (SSSR count). The van der Waals surface area contributed by atoms with E-state index in [1.807, 2.05) is 0 Å². The van der Waals surface area contributed by atoms with Crippen molar-refractivity contribution in [3.8, 4) is 0 Å². The van der Waals surface area contributed by atoms with Gasteiger partial charge in [-0.2, -0.15) is 0 Å². The number of furan rings is 1. The summed E-state index contributed by atoms with van der Waals surface area (Å²) in [6.07, 6.45) is -7.93. The largest absolute Gasteiger partial charge is 0.472 e. The Balaban J connectivity index is 1.58. The molecule has 16 nitrogen and oxygen atoms in total. The van der Waals surface area contributed by atoms with Gasteiger partial charge < -0.3 is 48.7 Å². The molecule has 11 atom stereocenters. The van der Waals surface area contributed by atoms with Crippen LogP contribution in [0.5, 0.6) is 0 Å². The Kier molecular flexibility index (Phi) is 10.6. The predicted octanol–water partition coefficient (Wildman–Crippen LogP) is 2.03. The van der Waals surface area contributed by atoms with E-state index in [1.54, 1.807) is 32.0 Å². The van der Waals surface area contributed by atoms with Crippen molar-refractivity contribution >= 4 is 35.6 Å². The van der Waals surface area contributed by atoms with Gasteiger partial charge >= 0.3 is 23.9 Å². The fourth-order valence-electron chi connectivity index (χ4n) is 9.38. The minimum atomic E-state index is -2.38. The molecule has 4 aliphatic rings. The molecule has 56 heavy (non-hydrogen) atoms. The van der Waals surface area contributed by atoms with Gasteiger partial charge in [0.2, 0.25) is 5.91 Å². The van der Waals surface area contributed by atoms with E-state index < -0.39 is 113 Å². The van der Waals surface area contributed by atoms with Gasteiger partial charge in [0.15, 0.2) is 23.6 Å². The molecule has 16 heteroatoms. The summed E-state index contributed by atoms with van der Waals surface area (Å²) in [6.45, 7) is 9.09. The van der Waals surface area contributed by atoms with Gasteiger partial charge in [0.1, 0.15) is 23.9 Å². The highest BCUT2D eigenvalue weighted by Crippen LogP contribution is 2.64. The highest BCUT2D eigenvalue weighted by molar-refractivity contribution is 5.95. The molecule has 3 aliphatic carbocycles. The minimum Gasteiger partial charge on any atom is -0.472 e. The van der Waals surface area contributed by atoms with Crippen LogP contribution in [0, 0.1) is 16.7 Å². The summed E-state index contributed by atoms with van der Waals surface area (Å²) in [6, 6.07) is 7.92. The second-order valence-electron chi connectivity index (χ2n) is 15.9. The molecule has 302 valence electrons. The van der Waals surface area contributed by atoms with Crippen LogP contribution in [0.1, 0.15) is 83.3 Å². The monoisotopic (exact) mass is 781 g/mol. The Morgan fingerprint density at radius 2 is 1.64 bits per heavy atom. The number of aliphatic hydroxyl groups is 3. The number of nitrogens with one attached hydrogen (secondary N) is 1. The Morgan fingerprint density at radius 3 is 2.20 bits per heavy atom. The molecule has 1 aliphatic heterocycles. The lowest BCUT2D eigenvalue weighted by molar-refractivity contribution is -0.346. The summed E-state index contributed by atoms with van der Waals surface area (Å²) in [7, 11) is 0. The van der Waals surface area contributed by atoms with Crippen LogP contribution in [0.2, 0.25) is 0 Å². The number of esters is 4. The van der Waals surface area contributed by atoms with Crippen LogP contribution in [-0.4, -0.2) is 105 Å². The van der Waals surface area contributed by atoms with E-state index in [-0.39, 0.29) is 35.3 Å². The van der Waals surface area contributed by atoms with Crippen LogP contribution in [-0.2, 0) is 47.7 Å². The summed E-state index contributed by atoms with van der Waals surface area (Å²) in [5, 5.41) is 39.3. The molecule has 1 aromatic carbocycles. The van der Waals surface area contributed by atoms with Crippen LogP contribution >= 0.6 is 0 Å². The molecule has 1 amide bonds. The van der Waals surface area contributed by atoms with Gasteiger partial charge in [-0.3, -0.25) is 19.2 Å². The number of rotatable bonds is 9. The molecule has 4 N–H and O–H groups in total. The van der Waals surface area contributed by atoms with E-state index in [2.05, 4.69) is 5.32 Å². The van der Waals surface area contributed by atoms with Crippen LogP contribution in [0.25, 0.3) is 0 Å². The number of benzene rings is 1. The number of ether oxygens (including phenoxy) is 5. The van der Waals surface area contributed by atoms with Crippen LogP contribution in [0.4, 0.5) is 0 Å². The maximum Gasteiger partial charge on any atom is 0.338 e. The van der Waals surface area contributed by atoms with Gasteiger partial charge in [0, 0.05) is 44.6 Å². The third-order valence-electron chi connectivity index (χ3n) is 12.3. The lowest BCUT2D eigenvalue weighted by Gasteiger charge is -2.67. The second kappa shape index (κ2) is 14.6. The quantitative estimate of drug-likeness (QED) is 0.162. The number of carbonyl (C=O) groups is 6. The highest BCUT2D eigenvalue weighted by atomic mass is 16.6. The summed E-state index contributed by atoms with van der Waals surface area (Å²) in [5.41, 5.74) is -7.36. The molecule has 2 saturated carbocycles. The van der Waals surface area contributed by atoms with Gasteiger partial charge in [-0.25, -0.2) is 9.59 Å². The zero-order chi connectivity index (χ0) is 41.1. The molecule has 3 fully saturated rings. The number of carbonyl (C=O) groups excluding carboxylic acids is 6. The first-order valence-electron chi connectivity index (χ1n) is 18.3. The number of hydrogen-bond donors (Lipinski definition) is 4. The number of fused-ring (bicyclic) bond motifs is 5. The summed E-state index contributed by atoms with van der Waals surface area (Å²) >= 11 is 0. The van der Waals surface area contributed by atoms with Crippen molar-refractivity contribution in [1.29, 1.82) is 0 Å². The van der Waals surface area contributed by atoms with Crippen molar-refractivity contribution in [2.75, 3.05) is 6.61 Å². The zero-order valence-corrected chi connectivity index (χ0v) is 32.1. The number of Topliss-reactive ketones (excluding diaryl/α,β-unsaturated/α-hetero) is 1. The molecule has 10 unspecified atom stereocenters. The van der Waals surface area contributed by atoms with Crippen molar-refractivity contribution in [3.63, 3.8) is 0 Å². The molecule has 0 radical (unpaired) electrons. The Morgan fingerprint density at radius 1 is 0.964 bits per heavy atom. The van der Waals surface area contributed by atoms with E-state index in [4.69, 9.17) is 28.1 Å². The maximum absolute atomic E-state index is 15.3. The minimum absolute atomic E-state index is 0.00635. The smallest absolute Gasteiger partial charge is 0.338 e. The predicted molar refractivity (Wildman–Crippen MR) is 190 cm³/mol. The Labute approximate surface area is 322 Å². The van der Waals surface area contributed by atoms with E-state index in [0.29, 0.717) is 0 Å². The molecular weight excluding hydrogens is 734 g/mol. The topological polar surface area (TPSA) is 234 Å². The lowest BCUT2D eigenvalue weighted by Crippen LogP contribution is -2.82. The molecule has 1 aromatic heterocycles. The van der Waals surface area contributed by atoms with Crippen LogP contribution < -0.4 is 5.32 Å². The lowest BCUT2D eigenvalue weighted by atomic mass is 9.44. The fraction of sp³-hybridized carbons (Fsp3) is 0.550. The standard InChI is InChI=1S/C40H47NO15/c1-19-25(54-36(49)30(46)29(41-20(2)42)24-13-14-51-17-24)16-40(50)34(55-35(48)23-11-9-8-10-12-23)32-38(7,26(45)15-27-39(32,18-52-27)56-22(4)44)33(47)31(53-21(3)43)28(19)37(40,5)6/h8-14,17,25-27,29-32,34,45-46,50H,15-16,18H2,1-7H3,(H,41,42)/t25?,26?,27?,29?,30?,31?,32?,34?,38-,39?,40?/m1/s1. The average molecular weight is 782 g/mol. The van der Waals surface area contributed by atoms with E-state index >= 15 is 4.79 Å². The fourth-order valence-corrected chi connectivity index (χ4v) is 9.38. The van der Waals surface area contributed by atoms with Crippen molar-refractivity contribution < 1.29 is 72.2 Å². The van der Waals surface area contributed by atoms with Crippen molar-refractivity contribution in [1.82, 2.24) is 5.32 Å². The van der Waals surface area contributed by atoms with Gasteiger partial charge in [0.05, 0.1) is 48.2 Å². The molecule has 2 aromatic rings. The number of amides is 1. The first kappa shape index (κ1) is 40.8. The maximum atomic E-state index is 15.3. The molecule has 1 saturated heterocycles. The summed E-state index contributed by atoms with van der Waals surface area (Å²) in [4.78, 5) is 81.2. The number of ketones is 1. The average Bonchev–Trinajstić information content (AvgIpc) is 3.66. The molecule has 2 bridgehead atoms. The van der Waals surface area contributed by atoms with Gasteiger partial charge in [0.25, 0.3) is 0 Å². The molecular formula is C40H47NO15. The van der Waals surface area contributed by atoms with Crippen molar-refractivity contribution in [2.24, 2.45) is 16.7 Å². The normalized spacial score (nSPS) is 34.1. The Hall–Kier alpha value is -4.90. The van der Waals surface area contributed by atoms with E-state index in [9.17, 15) is 39.3 Å². The van der Waals surface area contributed by atoms with Crippen LogP contribution in [0.15, 0.2) is 64.5 Å². The number of aliphatic hydroxyl groups excluding tert-OH is 2. The van der Waals surface area contributed by atoms with Gasteiger partial charge in [-0.05, 0) is 43.2 Å². The van der Waals surface area contributed by atoms with Crippen molar-refractivity contribution in [2.45, 2.75) is 115 Å². The van der Waals surface area contributed by atoms with E-state index in [0.717, 1.165) is 13.8 Å². The first-order chi connectivity index (χ1) is 26.2. The highest BCUT2D eigenvalue weighted by Gasteiger charge is 2.78. The van der Waals surface area contributed by atoms with Gasteiger partial charge in [-0.15, -0.1) is 0 Å². The number of hydrogen-bond acceptors (Lipinski definition) is 15. The van der Waals surface area contributed by atoms with Gasteiger partial charge in [-0.1, -0.05) is 32.0 Å². The van der Waals surface area contributed by atoms with Crippen LogP contribution in [0.3, 0.4) is 0 Å². The Bertz CT molecular complexity index is 1940. The third-order valence-corrected chi connectivity index (χ3v) is 12.3. The molecule has 2 heterocycles. The molecule has 0 spiro atoms. The zero-order valence-electron chi connectivity index (χ0n) is 32.1. The summed E-state index contributed by atoms with van der Waals surface area (Å²) < 4.78 is 35.0. The second-order valence-corrected chi connectivity index (χ2v) is 15.9. The SMILES string of the molecule is CC(=O)NC(c1ccoc1)C(O)C(=O)OC1CC2(O)C(OC(=O)c3ccccc3)C3C4(OC(C)=O)COC4CC(O)[C@@]3(C)C(=O)C(OC(C)=O)C(=C1C)C2(C)C. The summed E-state index contributed by atoms with van der Waals surface area (Å²) in [5.74, 6) is -6.84. The van der Waals surface area contributed by atoms with E-state index in [1.165, 1.54) is 51.5 Å². The first-order valence-corrected chi connectivity index (χ1v) is 18.3.